The molecule has 0 radical (unpaired) electrons. The molecule has 0 fully saturated rings. The highest BCUT2D eigenvalue weighted by Crippen LogP contribution is 2.41. The molecule has 3 aromatic rings. The number of nitrogens with zero attached hydrogens (tertiary/aromatic N) is 2. The van der Waals surface area contributed by atoms with Crippen molar-refractivity contribution in [2.45, 2.75) is 58.9 Å². The van der Waals surface area contributed by atoms with Gasteiger partial charge in [0.2, 0.25) is 11.8 Å². The highest BCUT2D eigenvalue weighted by Gasteiger charge is 2.38. The second-order valence-corrected chi connectivity index (χ2v) is 13.3. The second kappa shape index (κ2) is 18.5. The summed E-state index contributed by atoms with van der Waals surface area (Å²) in [5, 5.41) is 19.0. The largest absolute Gasteiger partial charge is 0.490 e. The maximum atomic E-state index is 14.9. The molecule has 10 nitrogen and oxygen atoms in total. The van der Waals surface area contributed by atoms with Gasteiger partial charge in [-0.15, -0.1) is 11.8 Å². The van der Waals surface area contributed by atoms with Crippen molar-refractivity contribution in [3.8, 4) is 11.1 Å². The molecule has 1 aromatic heterocycles. The smallest absolute Gasteiger partial charge is 0.480 e. The zero-order chi connectivity index (χ0) is 37.8. The molecule has 16 heteroatoms. The number of benzene rings is 2. The lowest BCUT2D eigenvalue weighted by Crippen LogP contribution is -2.44. The molecule has 0 spiro atoms. The van der Waals surface area contributed by atoms with Crippen LogP contribution in [0.4, 0.5) is 22.0 Å². The molecule has 0 aliphatic heterocycles. The van der Waals surface area contributed by atoms with Crippen molar-refractivity contribution in [2.75, 3.05) is 24.6 Å². The highest BCUT2D eigenvalue weighted by atomic mass is 32.2. The van der Waals surface area contributed by atoms with Gasteiger partial charge in [0.15, 0.2) is 0 Å². The van der Waals surface area contributed by atoms with Crippen LogP contribution in [0.15, 0.2) is 60.8 Å². The predicted octanol–water partition coefficient (Wildman–Crippen LogP) is 5.70. The van der Waals surface area contributed by atoms with Crippen LogP contribution in [0.2, 0.25) is 0 Å². The zero-order valence-corrected chi connectivity index (χ0v) is 28.8. The molecule has 2 atom stereocenters. The molecule has 3 rings (SSSR count). The number of carboxylic acids is 2. The van der Waals surface area contributed by atoms with Crippen molar-refractivity contribution in [2.24, 2.45) is 11.1 Å². The number of nitrogens with one attached hydrogen (secondary N) is 1. The summed E-state index contributed by atoms with van der Waals surface area (Å²) < 4.78 is 62.8. The van der Waals surface area contributed by atoms with E-state index in [9.17, 15) is 41.4 Å². The van der Waals surface area contributed by atoms with Crippen molar-refractivity contribution >= 4 is 35.5 Å². The molecule has 0 unspecified atom stereocenters. The third-order valence-electron chi connectivity index (χ3n) is 7.13. The standard InChI is InChI=1S/C32H40F2N4O4S.C2HF3O2/c1-21(39)36-27(31(41)42)19-43-20-29(40)38(14-8-13-35)30(32(2,3)4)28-15-23(25-16-24(33)11-12-26(25)34)18-37(28)17-22-9-6-5-7-10-22;3-2(4,5)1(6)7/h5-7,9-12,15-16,18,27,30H,8,13-14,17,19-20,35H2,1-4H3,(H,36,39)(H,41,42);(H,6,7)/t27-,30-;/m0./s1. The fourth-order valence-electron chi connectivity index (χ4n) is 5.04. The van der Waals surface area contributed by atoms with Crippen LogP contribution in [-0.4, -0.2) is 80.2 Å². The first-order valence-corrected chi connectivity index (χ1v) is 16.5. The number of aromatic nitrogens is 1. The first-order valence-electron chi connectivity index (χ1n) is 15.3. The number of thioether (sulfide) groups is 1. The van der Waals surface area contributed by atoms with Crippen molar-refractivity contribution in [1.29, 1.82) is 0 Å². The van der Waals surface area contributed by atoms with E-state index in [1.165, 1.54) is 6.92 Å². The number of halogens is 5. The summed E-state index contributed by atoms with van der Waals surface area (Å²) in [6.07, 6.45) is -2.78. The Hall–Kier alpha value is -4.44. The van der Waals surface area contributed by atoms with Gasteiger partial charge in [-0.25, -0.2) is 18.4 Å². The van der Waals surface area contributed by atoms with E-state index in [2.05, 4.69) is 5.32 Å². The summed E-state index contributed by atoms with van der Waals surface area (Å²) >= 11 is 1.12. The van der Waals surface area contributed by atoms with Crippen molar-refractivity contribution in [3.63, 3.8) is 0 Å². The first kappa shape index (κ1) is 41.7. The molecule has 0 bridgehead atoms. The van der Waals surface area contributed by atoms with Crippen molar-refractivity contribution in [1.82, 2.24) is 14.8 Å². The van der Waals surface area contributed by atoms with E-state index in [0.29, 0.717) is 31.6 Å². The molecule has 0 aliphatic carbocycles. The summed E-state index contributed by atoms with van der Waals surface area (Å²) in [7, 11) is 0. The van der Waals surface area contributed by atoms with E-state index in [4.69, 9.17) is 15.6 Å². The number of hydrogen-bond acceptors (Lipinski definition) is 6. The van der Waals surface area contributed by atoms with Crippen LogP contribution in [0.1, 0.15) is 51.4 Å². The Morgan fingerprint density at radius 3 is 2.14 bits per heavy atom. The van der Waals surface area contributed by atoms with Gasteiger partial charge >= 0.3 is 18.1 Å². The number of amides is 2. The van der Waals surface area contributed by atoms with Crippen LogP contribution >= 0.6 is 11.8 Å². The molecule has 1 heterocycles. The summed E-state index contributed by atoms with van der Waals surface area (Å²) in [4.78, 5) is 47.5. The van der Waals surface area contributed by atoms with Crippen molar-refractivity contribution < 1.29 is 51.3 Å². The van der Waals surface area contributed by atoms with E-state index >= 15 is 0 Å². The Bertz CT molecular complexity index is 1610. The third kappa shape index (κ3) is 12.8. The Morgan fingerprint density at radius 1 is 1.00 bits per heavy atom. The number of rotatable bonds is 14. The minimum atomic E-state index is -5.08. The average molecular weight is 729 g/mol. The molecule has 50 heavy (non-hydrogen) atoms. The van der Waals surface area contributed by atoms with Crippen molar-refractivity contribution in [3.05, 3.63) is 83.7 Å². The first-order chi connectivity index (χ1) is 23.3. The zero-order valence-electron chi connectivity index (χ0n) is 28.0. The summed E-state index contributed by atoms with van der Waals surface area (Å²) in [5.74, 6) is -5.76. The van der Waals surface area contributed by atoms with Crippen LogP contribution < -0.4 is 11.1 Å². The molecule has 0 saturated heterocycles. The van der Waals surface area contributed by atoms with Gasteiger partial charge in [0.05, 0.1) is 11.8 Å². The number of carbonyl (C=O) groups is 4. The fraction of sp³-hybridized carbons (Fsp3) is 0.412. The lowest BCUT2D eigenvalue weighted by atomic mass is 9.83. The second-order valence-electron chi connectivity index (χ2n) is 12.3. The summed E-state index contributed by atoms with van der Waals surface area (Å²) in [6.45, 7) is 8.38. The lowest BCUT2D eigenvalue weighted by Gasteiger charge is -2.41. The molecule has 5 N–H and O–H groups in total. The third-order valence-corrected chi connectivity index (χ3v) is 8.15. The van der Waals surface area contributed by atoms with Crippen LogP contribution in [0.25, 0.3) is 11.1 Å². The normalized spacial score (nSPS) is 12.7. The Kier molecular flexibility index (Phi) is 15.5. The Morgan fingerprint density at radius 2 is 1.62 bits per heavy atom. The highest BCUT2D eigenvalue weighted by molar-refractivity contribution is 8.00. The molecular formula is C34H41F5N4O6S. The number of carboxylic acid groups (broad SMARTS) is 2. The van der Waals surface area contributed by atoms with Crippen LogP contribution in [0.3, 0.4) is 0 Å². The Balaban J connectivity index is 0.00000112. The van der Waals surface area contributed by atoms with Gasteiger partial charge in [-0.2, -0.15) is 13.2 Å². The molecule has 0 aliphatic rings. The molecule has 274 valence electrons. The predicted molar refractivity (Wildman–Crippen MR) is 179 cm³/mol. The summed E-state index contributed by atoms with van der Waals surface area (Å²) in [5.41, 5.74) is 7.69. The van der Waals surface area contributed by atoms with Gasteiger partial charge in [-0.3, -0.25) is 9.59 Å². The summed E-state index contributed by atoms with van der Waals surface area (Å²) in [6, 6.07) is 13.2. The number of nitrogens with two attached hydrogens (primary N) is 1. The van der Waals surface area contributed by atoms with Gasteiger partial charge in [0.1, 0.15) is 17.7 Å². The Labute approximate surface area is 290 Å². The molecule has 2 aromatic carbocycles. The van der Waals surface area contributed by atoms with E-state index in [-0.39, 0.29) is 23.0 Å². The number of alkyl halides is 3. The minimum absolute atomic E-state index is 0.0128. The quantitative estimate of drug-likeness (QED) is 0.154. The molecular weight excluding hydrogens is 687 g/mol. The van der Waals surface area contributed by atoms with Gasteiger partial charge in [0.25, 0.3) is 0 Å². The topological polar surface area (TPSA) is 155 Å². The maximum absolute atomic E-state index is 14.9. The van der Waals surface area contributed by atoms with Crippen LogP contribution in [0.5, 0.6) is 0 Å². The van der Waals surface area contributed by atoms with E-state index in [1.807, 2.05) is 61.7 Å². The fourth-order valence-corrected chi connectivity index (χ4v) is 5.96. The van der Waals surface area contributed by atoms with Gasteiger partial charge in [-0.1, -0.05) is 51.1 Å². The van der Waals surface area contributed by atoms with Crippen LogP contribution in [-0.2, 0) is 25.7 Å². The van der Waals surface area contributed by atoms with Gasteiger partial charge < -0.3 is 30.7 Å². The van der Waals surface area contributed by atoms with Gasteiger partial charge in [-0.05, 0) is 48.2 Å². The van der Waals surface area contributed by atoms with Crippen LogP contribution in [0, 0.1) is 17.0 Å². The minimum Gasteiger partial charge on any atom is -0.480 e. The number of carbonyl (C=O) groups excluding carboxylic acids is 2. The average Bonchev–Trinajstić information content (AvgIpc) is 3.41. The monoisotopic (exact) mass is 728 g/mol. The van der Waals surface area contributed by atoms with E-state index < -0.39 is 53.2 Å². The van der Waals surface area contributed by atoms with E-state index in [0.717, 1.165) is 41.2 Å². The number of hydrogen-bond donors (Lipinski definition) is 4. The SMILES string of the molecule is CC(=O)N[C@@H](CSCC(=O)N(CCCN)[C@@H](c1cc(-c2cc(F)ccc2F)cn1Cc1ccccc1)C(C)(C)C)C(=O)O.O=C(O)C(F)(F)F. The molecule has 0 saturated carbocycles. The van der Waals surface area contributed by atoms with E-state index in [1.54, 1.807) is 11.1 Å². The maximum Gasteiger partial charge on any atom is 0.490 e. The van der Waals surface area contributed by atoms with Gasteiger partial charge in [0, 0.05) is 48.8 Å². The molecule has 2 amide bonds. The number of aliphatic carboxylic acids is 2. The lowest BCUT2D eigenvalue weighted by molar-refractivity contribution is -0.192.